The van der Waals surface area contributed by atoms with Crippen molar-refractivity contribution < 1.29 is 9.47 Å². The molecule has 0 saturated carbocycles. The largest absolute Gasteiger partial charge is 0.497 e. The Kier molecular flexibility index (Phi) is 5.51. The molecule has 0 amide bonds. The number of hydrogen-bond acceptors (Lipinski definition) is 4. The number of hydrogen-bond donors (Lipinski definition) is 1. The first-order valence-corrected chi connectivity index (χ1v) is 5.67. The van der Waals surface area contributed by atoms with Gasteiger partial charge in [0.15, 0.2) is 0 Å². The third-order valence-electron chi connectivity index (χ3n) is 2.63. The lowest BCUT2D eigenvalue weighted by Gasteiger charge is -2.06. The fourth-order valence-corrected chi connectivity index (χ4v) is 1.68. The van der Waals surface area contributed by atoms with Crippen molar-refractivity contribution in [1.82, 2.24) is 9.78 Å². The average Bonchev–Trinajstić information content (AvgIpc) is 2.77. The Balaban J connectivity index is 0.00000180. The van der Waals surface area contributed by atoms with E-state index in [1.165, 1.54) is 5.56 Å². The number of methoxy groups -OCH3 is 2. The molecule has 0 radical (unpaired) electrons. The SMILES string of the molecule is COc1ccc(CNc2cn(C)nc2OC)cc1.Cl. The molecule has 2 aromatic rings. The number of nitrogens with zero attached hydrogens (tertiary/aromatic N) is 2. The van der Waals surface area contributed by atoms with Crippen LogP contribution in [0.15, 0.2) is 30.5 Å². The maximum Gasteiger partial charge on any atom is 0.256 e. The molecule has 1 aromatic heterocycles. The summed E-state index contributed by atoms with van der Waals surface area (Å²) < 4.78 is 12.0. The molecule has 0 bridgehead atoms. The van der Waals surface area contributed by atoms with Gasteiger partial charge in [-0.2, -0.15) is 0 Å². The van der Waals surface area contributed by atoms with Crippen LogP contribution < -0.4 is 14.8 Å². The van der Waals surface area contributed by atoms with Crippen molar-refractivity contribution in [3.05, 3.63) is 36.0 Å². The maximum atomic E-state index is 5.18. The lowest BCUT2D eigenvalue weighted by atomic mass is 10.2. The lowest BCUT2D eigenvalue weighted by Crippen LogP contribution is -2.00. The molecule has 0 aliphatic heterocycles. The number of aromatic nitrogens is 2. The van der Waals surface area contributed by atoms with Gasteiger partial charge >= 0.3 is 0 Å². The zero-order valence-corrected chi connectivity index (χ0v) is 12.0. The highest BCUT2D eigenvalue weighted by atomic mass is 35.5. The van der Waals surface area contributed by atoms with Gasteiger partial charge in [0.05, 0.1) is 20.4 Å². The second-order valence-corrected chi connectivity index (χ2v) is 3.93. The van der Waals surface area contributed by atoms with Crippen LogP contribution in [0.1, 0.15) is 5.56 Å². The van der Waals surface area contributed by atoms with Crippen LogP contribution in [-0.2, 0) is 13.6 Å². The molecule has 0 unspecified atom stereocenters. The van der Waals surface area contributed by atoms with Crippen LogP contribution in [0.5, 0.6) is 11.6 Å². The zero-order valence-electron chi connectivity index (χ0n) is 11.2. The number of nitrogens with one attached hydrogen (secondary N) is 1. The predicted molar refractivity (Wildman–Crippen MR) is 77.3 cm³/mol. The molecule has 0 aliphatic rings. The Labute approximate surface area is 118 Å². The van der Waals surface area contributed by atoms with Gasteiger partial charge in [-0.05, 0) is 17.7 Å². The van der Waals surface area contributed by atoms with Crippen molar-refractivity contribution in [3.8, 4) is 11.6 Å². The number of aryl methyl sites for hydroxylation is 1. The molecule has 0 saturated heterocycles. The summed E-state index contributed by atoms with van der Waals surface area (Å²) in [6, 6.07) is 7.93. The zero-order chi connectivity index (χ0) is 13.0. The number of benzene rings is 1. The lowest BCUT2D eigenvalue weighted by molar-refractivity contribution is 0.393. The van der Waals surface area contributed by atoms with E-state index < -0.39 is 0 Å². The smallest absolute Gasteiger partial charge is 0.256 e. The summed E-state index contributed by atoms with van der Waals surface area (Å²) in [5.74, 6) is 1.46. The Bertz CT molecular complexity index is 511. The summed E-state index contributed by atoms with van der Waals surface area (Å²) in [5, 5.41) is 7.47. The second-order valence-electron chi connectivity index (χ2n) is 3.93. The number of ether oxygens (including phenoxy) is 2. The van der Waals surface area contributed by atoms with Gasteiger partial charge in [-0.25, -0.2) is 0 Å². The van der Waals surface area contributed by atoms with E-state index in [1.807, 2.05) is 37.5 Å². The van der Waals surface area contributed by atoms with Gasteiger partial charge in [0.25, 0.3) is 5.88 Å². The molecule has 0 atom stereocenters. The highest BCUT2D eigenvalue weighted by molar-refractivity contribution is 5.85. The molecule has 5 nitrogen and oxygen atoms in total. The minimum absolute atomic E-state index is 0. The topological polar surface area (TPSA) is 48.3 Å². The van der Waals surface area contributed by atoms with Crippen LogP contribution in [0.3, 0.4) is 0 Å². The Morgan fingerprint density at radius 2 is 1.84 bits per heavy atom. The molecule has 6 heteroatoms. The first kappa shape index (κ1) is 15.2. The third kappa shape index (κ3) is 3.79. The first-order chi connectivity index (χ1) is 8.72. The van der Waals surface area contributed by atoms with E-state index >= 15 is 0 Å². The molecule has 1 aromatic carbocycles. The fourth-order valence-electron chi connectivity index (χ4n) is 1.68. The van der Waals surface area contributed by atoms with Gasteiger partial charge in [-0.1, -0.05) is 12.1 Å². The van der Waals surface area contributed by atoms with E-state index in [1.54, 1.807) is 18.9 Å². The van der Waals surface area contributed by atoms with Crippen molar-refractivity contribution in [1.29, 1.82) is 0 Å². The molecular formula is C13H18ClN3O2. The van der Waals surface area contributed by atoms with Crippen molar-refractivity contribution in [2.24, 2.45) is 7.05 Å². The first-order valence-electron chi connectivity index (χ1n) is 5.67. The highest BCUT2D eigenvalue weighted by Gasteiger charge is 2.06. The van der Waals surface area contributed by atoms with E-state index in [2.05, 4.69) is 10.4 Å². The van der Waals surface area contributed by atoms with E-state index in [9.17, 15) is 0 Å². The van der Waals surface area contributed by atoms with E-state index in [0.717, 1.165) is 11.4 Å². The van der Waals surface area contributed by atoms with Crippen LogP contribution in [0, 0.1) is 0 Å². The number of rotatable bonds is 5. The number of halogens is 1. The van der Waals surface area contributed by atoms with Crippen molar-refractivity contribution in [2.75, 3.05) is 19.5 Å². The average molecular weight is 284 g/mol. The van der Waals surface area contributed by atoms with Crippen LogP contribution in [-0.4, -0.2) is 24.0 Å². The molecule has 2 rings (SSSR count). The summed E-state index contributed by atoms with van der Waals surface area (Å²) in [5.41, 5.74) is 2.05. The van der Waals surface area contributed by atoms with Gasteiger partial charge in [0, 0.05) is 13.6 Å². The Hall–Kier alpha value is -1.88. The van der Waals surface area contributed by atoms with Crippen molar-refractivity contribution in [3.63, 3.8) is 0 Å². The van der Waals surface area contributed by atoms with Crippen LogP contribution in [0.25, 0.3) is 0 Å². The molecule has 104 valence electrons. The maximum absolute atomic E-state index is 5.18. The Morgan fingerprint density at radius 3 is 2.42 bits per heavy atom. The predicted octanol–water partition coefficient (Wildman–Crippen LogP) is 2.47. The van der Waals surface area contributed by atoms with Crippen LogP contribution in [0.2, 0.25) is 0 Å². The van der Waals surface area contributed by atoms with Gasteiger partial charge in [0.2, 0.25) is 0 Å². The summed E-state index contributed by atoms with van der Waals surface area (Å²) in [4.78, 5) is 0. The summed E-state index contributed by atoms with van der Waals surface area (Å²) >= 11 is 0. The normalized spacial score (nSPS) is 9.63. The molecule has 1 heterocycles. The highest BCUT2D eigenvalue weighted by Crippen LogP contribution is 2.22. The van der Waals surface area contributed by atoms with Crippen molar-refractivity contribution in [2.45, 2.75) is 6.54 Å². The minimum Gasteiger partial charge on any atom is -0.497 e. The molecule has 1 N–H and O–H groups in total. The van der Waals surface area contributed by atoms with E-state index in [0.29, 0.717) is 12.4 Å². The van der Waals surface area contributed by atoms with Crippen molar-refractivity contribution >= 4 is 18.1 Å². The monoisotopic (exact) mass is 283 g/mol. The van der Waals surface area contributed by atoms with Gasteiger partial charge in [0.1, 0.15) is 11.4 Å². The molecule has 0 fully saturated rings. The molecule has 0 aliphatic carbocycles. The minimum atomic E-state index is 0. The quantitative estimate of drug-likeness (QED) is 0.916. The summed E-state index contributed by atoms with van der Waals surface area (Å²) in [6.45, 7) is 0.714. The van der Waals surface area contributed by atoms with E-state index in [4.69, 9.17) is 9.47 Å². The molecule has 0 spiro atoms. The third-order valence-corrected chi connectivity index (χ3v) is 2.63. The standard InChI is InChI=1S/C13H17N3O2.ClH/c1-16-9-12(13(15-16)18-3)14-8-10-4-6-11(17-2)7-5-10;/h4-7,9,14H,8H2,1-3H3;1H. The Morgan fingerprint density at radius 1 is 1.16 bits per heavy atom. The molecular weight excluding hydrogens is 266 g/mol. The van der Waals surface area contributed by atoms with Gasteiger partial charge in [-0.15, -0.1) is 17.5 Å². The summed E-state index contributed by atoms with van der Waals surface area (Å²) in [7, 11) is 5.13. The van der Waals surface area contributed by atoms with Crippen LogP contribution >= 0.6 is 12.4 Å². The number of anilines is 1. The fraction of sp³-hybridized carbons (Fsp3) is 0.308. The van der Waals surface area contributed by atoms with E-state index in [-0.39, 0.29) is 12.4 Å². The summed E-state index contributed by atoms with van der Waals surface area (Å²) in [6.07, 6.45) is 1.89. The van der Waals surface area contributed by atoms with Gasteiger partial charge in [-0.3, -0.25) is 4.68 Å². The van der Waals surface area contributed by atoms with Gasteiger partial charge < -0.3 is 14.8 Å². The molecule has 19 heavy (non-hydrogen) atoms. The van der Waals surface area contributed by atoms with Crippen LogP contribution in [0.4, 0.5) is 5.69 Å². The second kappa shape index (κ2) is 6.89.